The van der Waals surface area contributed by atoms with Gasteiger partial charge in [0.25, 0.3) is 0 Å². The maximum Gasteiger partial charge on any atom is 0.0342 e. The van der Waals surface area contributed by atoms with E-state index < -0.39 is 0 Å². The van der Waals surface area contributed by atoms with E-state index in [1.54, 1.807) is 5.56 Å². The van der Waals surface area contributed by atoms with Crippen LogP contribution in [-0.2, 0) is 0 Å². The van der Waals surface area contributed by atoms with Crippen molar-refractivity contribution in [2.24, 2.45) is 5.92 Å². The van der Waals surface area contributed by atoms with E-state index in [9.17, 15) is 0 Å². The Hall–Kier alpha value is -0.0900. The van der Waals surface area contributed by atoms with Crippen molar-refractivity contribution < 1.29 is 0 Å². The minimum absolute atomic E-state index is 0.810. The monoisotopic (exact) mass is 356 g/mol. The second-order valence-corrected chi connectivity index (χ2v) is 6.85. The summed E-state index contributed by atoms with van der Waals surface area (Å²) in [4.78, 5) is 0. The standard InChI is InChI=1S/C15H17IS/c16-10-13-3-1-2-4-14(13)11-5-6-15-12(9-11)7-8-17-15/h5-9,13-14H,1-4,10H2/t13-,14?/m1/s1. The van der Waals surface area contributed by atoms with Crippen molar-refractivity contribution in [3.63, 3.8) is 0 Å². The summed E-state index contributed by atoms with van der Waals surface area (Å²) < 4.78 is 2.74. The second kappa shape index (κ2) is 5.27. The third kappa shape index (κ3) is 2.39. The van der Waals surface area contributed by atoms with Crippen LogP contribution in [0.2, 0.25) is 0 Å². The summed E-state index contributed by atoms with van der Waals surface area (Å²) in [6.45, 7) is 0. The summed E-state index contributed by atoms with van der Waals surface area (Å²) in [5, 5.41) is 3.63. The van der Waals surface area contributed by atoms with Crippen LogP contribution in [0.3, 0.4) is 0 Å². The number of fused-ring (bicyclic) bond motifs is 1. The van der Waals surface area contributed by atoms with Gasteiger partial charge in [-0.25, -0.2) is 0 Å². The summed E-state index contributed by atoms with van der Waals surface area (Å²) in [5.41, 5.74) is 1.58. The number of alkyl halides is 1. The molecule has 3 rings (SSSR count). The van der Waals surface area contributed by atoms with E-state index in [2.05, 4.69) is 52.2 Å². The molecule has 0 amide bonds. The summed E-state index contributed by atoms with van der Waals surface area (Å²) >= 11 is 4.42. The van der Waals surface area contributed by atoms with Crippen LogP contribution >= 0.6 is 33.9 Å². The van der Waals surface area contributed by atoms with Crippen LogP contribution in [0.4, 0.5) is 0 Å². The van der Waals surface area contributed by atoms with Crippen LogP contribution < -0.4 is 0 Å². The molecule has 0 saturated heterocycles. The summed E-state index contributed by atoms with van der Waals surface area (Å²) in [7, 11) is 0. The van der Waals surface area contributed by atoms with E-state index in [4.69, 9.17) is 0 Å². The molecule has 2 heteroatoms. The van der Waals surface area contributed by atoms with Crippen LogP contribution in [0.5, 0.6) is 0 Å². The van der Waals surface area contributed by atoms with Gasteiger partial charge in [0.2, 0.25) is 0 Å². The van der Waals surface area contributed by atoms with Gasteiger partial charge in [-0.1, -0.05) is 47.6 Å². The zero-order valence-electron chi connectivity index (χ0n) is 9.86. The summed E-state index contributed by atoms with van der Waals surface area (Å²) in [5.74, 6) is 1.71. The van der Waals surface area contributed by atoms with Gasteiger partial charge in [-0.3, -0.25) is 0 Å². The van der Waals surface area contributed by atoms with E-state index in [0.717, 1.165) is 11.8 Å². The molecule has 0 nitrogen and oxygen atoms in total. The number of hydrogen-bond acceptors (Lipinski definition) is 1. The molecule has 90 valence electrons. The lowest BCUT2D eigenvalue weighted by atomic mass is 9.76. The SMILES string of the molecule is IC[C@H]1CCCCC1c1ccc2sccc2c1. The molecule has 1 aromatic carbocycles. The third-order valence-electron chi connectivity index (χ3n) is 4.01. The lowest BCUT2D eigenvalue weighted by Gasteiger charge is -2.30. The van der Waals surface area contributed by atoms with Gasteiger partial charge in [0, 0.05) is 9.13 Å². The lowest BCUT2D eigenvalue weighted by molar-refractivity contribution is 0.339. The highest BCUT2D eigenvalue weighted by molar-refractivity contribution is 14.1. The van der Waals surface area contributed by atoms with Crippen molar-refractivity contribution >= 4 is 44.0 Å². The molecule has 0 aliphatic heterocycles. The highest BCUT2D eigenvalue weighted by Crippen LogP contribution is 2.39. The van der Waals surface area contributed by atoms with E-state index in [-0.39, 0.29) is 0 Å². The first-order chi connectivity index (χ1) is 8.38. The Kier molecular flexibility index (Phi) is 3.71. The van der Waals surface area contributed by atoms with E-state index in [0.29, 0.717) is 0 Å². The fraction of sp³-hybridized carbons (Fsp3) is 0.467. The number of halogens is 1. The van der Waals surface area contributed by atoms with E-state index >= 15 is 0 Å². The van der Waals surface area contributed by atoms with Crippen molar-refractivity contribution in [1.29, 1.82) is 0 Å². The highest BCUT2D eigenvalue weighted by Gasteiger charge is 2.25. The summed E-state index contributed by atoms with van der Waals surface area (Å²) in [6.07, 6.45) is 5.67. The second-order valence-electron chi connectivity index (χ2n) is 5.02. The van der Waals surface area contributed by atoms with Crippen LogP contribution in [-0.4, -0.2) is 4.43 Å². The third-order valence-corrected chi connectivity index (χ3v) is 6.04. The van der Waals surface area contributed by atoms with Gasteiger partial charge in [-0.15, -0.1) is 11.3 Å². The molecule has 0 spiro atoms. The van der Waals surface area contributed by atoms with Crippen LogP contribution in [0.25, 0.3) is 10.1 Å². The van der Waals surface area contributed by atoms with Gasteiger partial charge in [0.05, 0.1) is 0 Å². The van der Waals surface area contributed by atoms with Crippen LogP contribution in [0.1, 0.15) is 37.2 Å². The molecular formula is C15H17IS. The van der Waals surface area contributed by atoms with Crippen molar-refractivity contribution in [1.82, 2.24) is 0 Å². The van der Waals surface area contributed by atoms with Gasteiger partial charge in [-0.2, -0.15) is 0 Å². The molecule has 0 radical (unpaired) electrons. The van der Waals surface area contributed by atoms with Crippen LogP contribution in [0, 0.1) is 5.92 Å². The molecule has 1 unspecified atom stereocenters. The van der Waals surface area contributed by atoms with Crippen molar-refractivity contribution in [3.8, 4) is 0 Å². The predicted molar refractivity (Wildman–Crippen MR) is 85.4 cm³/mol. The smallest absolute Gasteiger partial charge is 0.0342 e. The Labute approximate surface area is 121 Å². The van der Waals surface area contributed by atoms with E-state index in [1.807, 2.05) is 11.3 Å². The van der Waals surface area contributed by atoms with Gasteiger partial charge in [-0.05, 0) is 53.1 Å². The number of hydrogen-bond donors (Lipinski definition) is 0. The maximum atomic E-state index is 2.57. The Balaban J connectivity index is 1.95. The zero-order chi connectivity index (χ0) is 11.7. The maximum absolute atomic E-state index is 2.57. The van der Waals surface area contributed by atoms with Crippen molar-refractivity contribution in [2.45, 2.75) is 31.6 Å². The first-order valence-electron chi connectivity index (χ1n) is 6.41. The van der Waals surface area contributed by atoms with Crippen molar-refractivity contribution in [2.75, 3.05) is 4.43 Å². The van der Waals surface area contributed by atoms with Crippen molar-refractivity contribution in [3.05, 3.63) is 35.2 Å². The largest absolute Gasteiger partial charge is 0.144 e. The molecule has 1 heterocycles. The minimum Gasteiger partial charge on any atom is -0.144 e. The fourth-order valence-electron chi connectivity index (χ4n) is 3.05. The first kappa shape index (κ1) is 12.0. The fourth-order valence-corrected chi connectivity index (χ4v) is 4.87. The minimum atomic E-state index is 0.810. The Morgan fingerprint density at radius 3 is 2.94 bits per heavy atom. The van der Waals surface area contributed by atoms with E-state index in [1.165, 1.54) is 40.2 Å². The molecule has 0 N–H and O–H groups in total. The van der Waals surface area contributed by atoms with Gasteiger partial charge in [0.1, 0.15) is 0 Å². The lowest BCUT2D eigenvalue weighted by Crippen LogP contribution is -2.18. The van der Waals surface area contributed by atoms with Gasteiger partial charge < -0.3 is 0 Å². The topological polar surface area (TPSA) is 0 Å². The molecule has 17 heavy (non-hydrogen) atoms. The number of thiophene rings is 1. The molecule has 2 aromatic rings. The van der Waals surface area contributed by atoms with Gasteiger partial charge in [0.15, 0.2) is 0 Å². The first-order valence-corrected chi connectivity index (χ1v) is 8.82. The molecule has 1 fully saturated rings. The predicted octanol–water partition coefficient (Wildman–Crippen LogP) is 5.61. The Bertz CT molecular complexity index is 502. The zero-order valence-corrected chi connectivity index (χ0v) is 12.8. The molecule has 1 saturated carbocycles. The summed E-state index contributed by atoms with van der Waals surface area (Å²) in [6, 6.07) is 9.37. The molecule has 0 bridgehead atoms. The number of benzene rings is 1. The van der Waals surface area contributed by atoms with Gasteiger partial charge >= 0.3 is 0 Å². The van der Waals surface area contributed by atoms with Crippen LogP contribution in [0.15, 0.2) is 29.6 Å². The Morgan fingerprint density at radius 2 is 2.06 bits per heavy atom. The molecule has 1 aromatic heterocycles. The molecule has 1 aliphatic rings. The average Bonchev–Trinajstić information content (AvgIpc) is 2.85. The Morgan fingerprint density at radius 1 is 1.18 bits per heavy atom. The molecule has 1 aliphatic carbocycles. The quantitative estimate of drug-likeness (QED) is 0.485. The molecular weight excluding hydrogens is 339 g/mol. The highest BCUT2D eigenvalue weighted by atomic mass is 127. The normalized spacial score (nSPS) is 25.2. The average molecular weight is 356 g/mol. The molecule has 2 atom stereocenters. The number of rotatable bonds is 2.